The molecule has 0 aromatic heterocycles. The van der Waals surface area contributed by atoms with Crippen LogP contribution < -0.4 is 5.73 Å². The summed E-state index contributed by atoms with van der Waals surface area (Å²) in [4.78, 5) is 0. The molecule has 0 aliphatic carbocycles. The predicted molar refractivity (Wildman–Crippen MR) is 69.3 cm³/mol. The topological polar surface area (TPSA) is 97.5 Å². The van der Waals surface area contributed by atoms with E-state index in [1.165, 1.54) is 4.31 Å². The van der Waals surface area contributed by atoms with Gasteiger partial charge in [0.2, 0.25) is 10.0 Å². The number of nitrogens with zero attached hydrogens (tertiary/aromatic N) is 1. The second-order valence-electron chi connectivity index (χ2n) is 5.36. The molecule has 0 aromatic rings. The molecule has 0 radical (unpaired) electrons. The summed E-state index contributed by atoms with van der Waals surface area (Å²) < 4.78 is 48.8. The number of nitrogens with two attached hydrogens (primary N) is 1. The molecule has 3 atom stereocenters. The number of sulfone groups is 1. The molecule has 106 valence electrons. The lowest BCUT2D eigenvalue weighted by Crippen LogP contribution is -2.52. The van der Waals surface area contributed by atoms with Crippen LogP contribution in [0.4, 0.5) is 0 Å². The summed E-state index contributed by atoms with van der Waals surface area (Å²) in [5.41, 5.74) is 5.89. The molecule has 0 bridgehead atoms. The van der Waals surface area contributed by atoms with Gasteiger partial charge in [0.15, 0.2) is 9.84 Å². The first-order valence-electron chi connectivity index (χ1n) is 6.17. The van der Waals surface area contributed by atoms with E-state index in [1.807, 2.05) is 6.92 Å². The maximum absolute atomic E-state index is 12.3. The zero-order chi connectivity index (χ0) is 13.6. The second-order valence-corrected chi connectivity index (χ2v) is 9.80. The quantitative estimate of drug-likeness (QED) is 0.717. The number of rotatable bonds is 2. The maximum Gasteiger partial charge on any atom is 0.218 e. The maximum atomic E-state index is 12.3. The first-order valence-corrected chi connectivity index (χ1v) is 9.50. The average Bonchev–Trinajstić information content (AvgIpc) is 2.63. The standard InChI is InChI=1S/C10H20N2O4S2/c1-8-2-4-12(6-10(8)11)18(15,16)9-3-5-17(13,14)7-9/h8-10H,2-7,11H2,1H3. The van der Waals surface area contributed by atoms with Gasteiger partial charge in [-0.25, -0.2) is 21.1 Å². The van der Waals surface area contributed by atoms with Crippen LogP contribution in [0.2, 0.25) is 0 Å². The van der Waals surface area contributed by atoms with Crippen molar-refractivity contribution in [2.75, 3.05) is 24.6 Å². The zero-order valence-electron chi connectivity index (χ0n) is 10.4. The summed E-state index contributed by atoms with van der Waals surface area (Å²) in [5.74, 6) is 0.0489. The molecule has 8 heteroatoms. The summed E-state index contributed by atoms with van der Waals surface area (Å²) >= 11 is 0. The van der Waals surface area contributed by atoms with Crippen LogP contribution in [0.15, 0.2) is 0 Å². The van der Waals surface area contributed by atoms with E-state index >= 15 is 0 Å². The Morgan fingerprint density at radius 1 is 1.28 bits per heavy atom. The SMILES string of the molecule is CC1CCN(S(=O)(=O)C2CCS(=O)(=O)C2)CC1N. The summed E-state index contributed by atoms with van der Waals surface area (Å²) in [7, 11) is -6.69. The molecule has 2 saturated heterocycles. The van der Waals surface area contributed by atoms with E-state index in [2.05, 4.69) is 0 Å². The van der Waals surface area contributed by atoms with Crippen molar-refractivity contribution in [3.8, 4) is 0 Å². The van der Waals surface area contributed by atoms with Crippen molar-refractivity contribution in [1.82, 2.24) is 4.31 Å². The molecular weight excluding hydrogens is 276 g/mol. The highest BCUT2D eigenvalue weighted by atomic mass is 32.2. The van der Waals surface area contributed by atoms with Crippen LogP contribution in [-0.4, -0.2) is 57.0 Å². The summed E-state index contributed by atoms with van der Waals surface area (Å²) in [6.45, 7) is 2.77. The fraction of sp³-hybridized carbons (Fsp3) is 1.00. The molecule has 2 rings (SSSR count). The van der Waals surface area contributed by atoms with Crippen molar-refractivity contribution in [2.24, 2.45) is 11.7 Å². The van der Waals surface area contributed by atoms with E-state index in [-0.39, 0.29) is 24.0 Å². The van der Waals surface area contributed by atoms with E-state index in [0.717, 1.165) is 6.42 Å². The van der Waals surface area contributed by atoms with E-state index in [1.54, 1.807) is 0 Å². The lowest BCUT2D eigenvalue weighted by atomic mass is 9.96. The van der Waals surface area contributed by atoms with Gasteiger partial charge >= 0.3 is 0 Å². The van der Waals surface area contributed by atoms with Gasteiger partial charge in [-0.2, -0.15) is 0 Å². The van der Waals surface area contributed by atoms with Gasteiger partial charge in [-0.3, -0.25) is 0 Å². The van der Waals surface area contributed by atoms with Crippen molar-refractivity contribution in [3.63, 3.8) is 0 Å². The molecule has 0 saturated carbocycles. The summed E-state index contributed by atoms with van der Waals surface area (Å²) in [5, 5.41) is -0.775. The van der Waals surface area contributed by atoms with Crippen molar-refractivity contribution >= 4 is 19.9 Å². The third-order valence-electron chi connectivity index (χ3n) is 3.95. The third kappa shape index (κ3) is 2.71. The molecule has 18 heavy (non-hydrogen) atoms. The lowest BCUT2D eigenvalue weighted by molar-refractivity contribution is 0.251. The van der Waals surface area contributed by atoms with Gasteiger partial charge in [0, 0.05) is 19.1 Å². The Morgan fingerprint density at radius 3 is 2.44 bits per heavy atom. The van der Waals surface area contributed by atoms with Crippen LogP contribution in [0.25, 0.3) is 0 Å². The second kappa shape index (κ2) is 4.73. The Hall–Kier alpha value is -0.180. The Labute approximate surface area is 108 Å². The molecule has 2 aliphatic heterocycles. The van der Waals surface area contributed by atoms with Gasteiger partial charge in [-0.05, 0) is 18.8 Å². The van der Waals surface area contributed by atoms with E-state index < -0.39 is 25.1 Å². The van der Waals surface area contributed by atoms with Crippen LogP contribution in [0, 0.1) is 5.92 Å². The van der Waals surface area contributed by atoms with Crippen LogP contribution in [0.3, 0.4) is 0 Å². The molecule has 0 spiro atoms. The minimum Gasteiger partial charge on any atom is -0.326 e. The van der Waals surface area contributed by atoms with Crippen LogP contribution >= 0.6 is 0 Å². The lowest BCUT2D eigenvalue weighted by Gasteiger charge is -2.35. The highest BCUT2D eigenvalue weighted by molar-refractivity contribution is 7.95. The number of hydrogen-bond acceptors (Lipinski definition) is 5. The van der Waals surface area contributed by atoms with Crippen molar-refractivity contribution in [3.05, 3.63) is 0 Å². The van der Waals surface area contributed by atoms with Crippen molar-refractivity contribution in [2.45, 2.75) is 31.1 Å². The van der Waals surface area contributed by atoms with Crippen LogP contribution in [0.1, 0.15) is 19.8 Å². The largest absolute Gasteiger partial charge is 0.326 e. The molecule has 0 amide bonds. The average molecular weight is 296 g/mol. The summed E-state index contributed by atoms with van der Waals surface area (Å²) in [6, 6.07) is -0.161. The molecule has 2 heterocycles. The molecule has 2 aliphatic rings. The van der Waals surface area contributed by atoms with Gasteiger partial charge < -0.3 is 5.73 Å². The van der Waals surface area contributed by atoms with Gasteiger partial charge in [0.1, 0.15) is 0 Å². The van der Waals surface area contributed by atoms with E-state index in [9.17, 15) is 16.8 Å². The normalized spacial score (nSPS) is 37.8. The molecular formula is C10H20N2O4S2. The molecule has 3 unspecified atom stereocenters. The van der Waals surface area contributed by atoms with Gasteiger partial charge in [0.25, 0.3) is 0 Å². The summed E-state index contributed by atoms with van der Waals surface area (Å²) in [6.07, 6.45) is 0.950. The Balaban J connectivity index is 2.13. The third-order valence-corrected chi connectivity index (χ3v) is 8.23. The predicted octanol–water partition coefficient (Wildman–Crippen LogP) is -0.828. The zero-order valence-corrected chi connectivity index (χ0v) is 12.1. The smallest absolute Gasteiger partial charge is 0.218 e. The first kappa shape index (κ1) is 14.2. The molecule has 0 aromatic carbocycles. The minimum atomic E-state index is -3.51. The van der Waals surface area contributed by atoms with Gasteiger partial charge in [-0.15, -0.1) is 0 Å². The first-order chi connectivity index (χ1) is 8.22. The van der Waals surface area contributed by atoms with E-state index in [4.69, 9.17) is 5.73 Å². The molecule has 6 nitrogen and oxygen atoms in total. The van der Waals surface area contributed by atoms with E-state index in [0.29, 0.717) is 19.0 Å². The molecule has 2 fully saturated rings. The highest BCUT2D eigenvalue weighted by Gasteiger charge is 2.42. The minimum absolute atomic E-state index is 0.0206. The van der Waals surface area contributed by atoms with Gasteiger partial charge in [0.05, 0.1) is 16.8 Å². The van der Waals surface area contributed by atoms with Gasteiger partial charge in [-0.1, -0.05) is 6.92 Å². The number of piperidine rings is 1. The van der Waals surface area contributed by atoms with Crippen LogP contribution in [0.5, 0.6) is 0 Å². The van der Waals surface area contributed by atoms with Crippen LogP contribution in [-0.2, 0) is 19.9 Å². The monoisotopic (exact) mass is 296 g/mol. The fourth-order valence-electron chi connectivity index (χ4n) is 2.51. The van der Waals surface area contributed by atoms with Crippen molar-refractivity contribution in [1.29, 1.82) is 0 Å². The molecule has 2 N–H and O–H groups in total. The Bertz CT molecular complexity index is 514. The van der Waals surface area contributed by atoms with Crippen molar-refractivity contribution < 1.29 is 16.8 Å². The number of sulfonamides is 1. The Kier molecular flexibility index (Phi) is 3.74. The highest BCUT2D eigenvalue weighted by Crippen LogP contribution is 2.25. The fourth-order valence-corrected chi connectivity index (χ4v) is 7.09. The Morgan fingerprint density at radius 2 is 1.94 bits per heavy atom. The number of hydrogen-bond donors (Lipinski definition) is 1.